The summed E-state index contributed by atoms with van der Waals surface area (Å²) in [7, 11) is 1.83. The zero-order valence-electron chi connectivity index (χ0n) is 15.0. The van der Waals surface area contributed by atoms with Crippen LogP contribution in [-0.4, -0.2) is 34.7 Å². The first-order valence-corrected chi connectivity index (χ1v) is 8.88. The van der Waals surface area contributed by atoms with Crippen LogP contribution in [0, 0.1) is 10.1 Å². The van der Waals surface area contributed by atoms with Gasteiger partial charge in [0.15, 0.2) is 5.76 Å². The Morgan fingerprint density at radius 1 is 1.11 bits per heavy atom. The van der Waals surface area contributed by atoms with Gasteiger partial charge in [0, 0.05) is 24.3 Å². The van der Waals surface area contributed by atoms with Crippen molar-refractivity contribution in [3.8, 4) is 0 Å². The van der Waals surface area contributed by atoms with Crippen molar-refractivity contribution in [3.63, 3.8) is 0 Å². The van der Waals surface area contributed by atoms with Crippen LogP contribution in [0.25, 0.3) is 0 Å². The largest absolute Gasteiger partial charge is 0.433 e. The number of benzene rings is 1. The lowest BCUT2D eigenvalue weighted by Gasteiger charge is -2.31. The molecule has 1 aliphatic carbocycles. The Kier molecular flexibility index (Phi) is 5.54. The van der Waals surface area contributed by atoms with Crippen molar-refractivity contribution < 1.29 is 18.9 Å². The lowest BCUT2D eigenvalue weighted by molar-refractivity contribution is -0.402. The second-order valence-corrected chi connectivity index (χ2v) is 6.63. The summed E-state index contributed by atoms with van der Waals surface area (Å²) in [6.07, 6.45) is 5.60. The van der Waals surface area contributed by atoms with Crippen molar-refractivity contribution in [2.24, 2.45) is 0 Å². The monoisotopic (exact) mass is 371 g/mol. The van der Waals surface area contributed by atoms with Crippen LogP contribution in [0.15, 0.2) is 40.8 Å². The molecule has 8 nitrogen and oxygen atoms in total. The van der Waals surface area contributed by atoms with Gasteiger partial charge in [0.05, 0.1) is 6.07 Å². The van der Waals surface area contributed by atoms with Gasteiger partial charge in [0.1, 0.15) is 4.92 Å². The number of nitro groups is 1. The Bertz CT molecular complexity index is 837. The highest BCUT2D eigenvalue weighted by Crippen LogP contribution is 2.23. The van der Waals surface area contributed by atoms with Gasteiger partial charge in [-0.05, 0) is 43.2 Å². The lowest BCUT2D eigenvalue weighted by atomic mass is 9.94. The van der Waals surface area contributed by atoms with Crippen LogP contribution in [0.5, 0.6) is 0 Å². The van der Waals surface area contributed by atoms with E-state index < -0.39 is 16.7 Å². The van der Waals surface area contributed by atoms with Crippen molar-refractivity contribution in [2.45, 2.75) is 38.1 Å². The Morgan fingerprint density at radius 2 is 1.78 bits per heavy atom. The topological polar surface area (TPSA) is 106 Å². The van der Waals surface area contributed by atoms with Gasteiger partial charge in [-0.1, -0.05) is 19.3 Å². The molecule has 8 heteroatoms. The number of nitrogens with zero attached hydrogens (tertiary/aromatic N) is 2. The van der Waals surface area contributed by atoms with E-state index in [4.69, 9.17) is 4.42 Å². The van der Waals surface area contributed by atoms with E-state index in [1.807, 2.05) is 7.05 Å². The number of hydrogen-bond acceptors (Lipinski definition) is 5. The number of amides is 2. The minimum absolute atomic E-state index is 0.0403. The van der Waals surface area contributed by atoms with Gasteiger partial charge in [0.25, 0.3) is 11.8 Å². The molecule has 1 heterocycles. The van der Waals surface area contributed by atoms with Gasteiger partial charge >= 0.3 is 5.88 Å². The number of carbonyl (C=O) groups excluding carboxylic acids is 2. The number of anilines is 1. The number of rotatable bonds is 5. The average molecular weight is 371 g/mol. The highest BCUT2D eigenvalue weighted by molar-refractivity contribution is 6.02. The summed E-state index contributed by atoms with van der Waals surface area (Å²) in [6.45, 7) is 0. The van der Waals surface area contributed by atoms with E-state index in [2.05, 4.69) is 5.32 Å². The van der Waals surface area contributed by atoms with Crippen LogP contribution in [0.4, 0.5) is 11.6 Å². The number of nitrogens with one attached hydrogen (secondary N) is 1. The van der Waals surface area contributed by atoms with Crippen LogP contribution in [0.3, 0.4) is 0 Å². The third-order valence-corrected chi connectivity index (χ3v) is 4.83. The molecule has 1 saturated carbocycles. The molecule has 2 aromatic rings. The Morgan fingerprint density at radius 3 is 2.37 bits per heavy atom. The molecule has 3 rings (SSSR count). The average Bonchev–Trinajstić information content (AvgIpc) is 3.19. The Labute approximate surface area is 156 Å². The second-order valence-electron chi connectivity index (χ2n) is 6.63. The maximum atomic E-state index is 12.6. The number of carbonyl (C=O) groups is 2. The first-order valence-electron chi connectivity index (χ1n) is 8.88. The third-order valence-electron chi connectivity index (χ3n) is 4.83. The maximum absolute atomic E-state index is 12.6. The van der Waals surface area contributed by atoms with Gasteiger partial charge in [-0.25, -0.2) is 0 Å². The number of hydrogen-bond donors (Lipinski definition) is 1. The molecule has 27 heavy (non-hydrogen) atoms. The molecule has 1 aliphatic rings. The van der Waals surface area contributed by atoms with Gasteiger partial charge in [0.2, 0.25) is 0 Å². The highest BCUT2D eigenvalue weighted by Gasteiger charge is 2.23. The van der Waals surface area contributed by atoms with Gasteiger partial charge in [-0.15, -0.1) is 0 Å². The van der Waals surface area contributed by atoms with Crippen LogP contribution < -0.4 is 5.32 Å². The van der Waals surface area contributed by atoms with E-state index in [0.717, 1.165) is 31.7 Å². The van der Waals surface area contributed by atoms with Gasteiger partial charge in [-0.2, -0.15) is 0 Å². The molecule has 1 fully saturated rings. The minimum Gasteiger partial charge on any atom is -0.395 e. The van der Waals surface area contributed by atoms with E-state index in [9.17, 15) is 19.7 Å². The van der Waals surface area contributed by atoms with Crippen LogP contribution in [-0.2, 0) is 0 Å². The van der Waals surface area contributed by atoms with Crippen molar-refractivity contribution >= 4 is 23.4 Å². The van der Waals surface area contributed by atoms with Crippen LogP contribution in [0.1, 0.15) is 53.0 Å². The van der Waals surface area contributed by atoms with Crippen LogP contribution in [0.2, 0.25) is 0 Å². The molecule has 2 amide bonds. The normalized spacial score (nSPS) is 14.6. The molecule has 1 aromatic carbocycles. The summed E-state index contributed by atoms with van der Waals surface area (Å²) >= 11 is 0. The molecular formula is C19H21N3O5. The third kappa shape index (κ3) is 4.33. The SMILES string of the molecule is CN(C(=O)c1ccc(NC(=O)c2ccc([N+](=O)[O-])o2)cc1)C1CCCCC1. The summed E-state index contributed by atoms with van der Waals surface area (Å²) in [5.41, 5.74) is 1.02. The van der Waals surface area contributed by atoms with Crippen molar-refractivity contribution in [3.05, 3.63) is 57.8 Å². The van der Waals surface area contributed by atoms with Crippen molar-refractivity contribution in [2.75, 3.05) is 12.4 Å². The fourth-order valence-electron chi connectivity index (χ4n) is 3.27. The summed E-state index contributed by atoms with van der Waals surface area (Å²) in [6, 6.07) is 9.20. The quantitative estimate of drug-likeness (QED) is 0.635. The summed E-state index contributed by atoms with van der Waals surface area (Å²) in [4.78, 5) is 36.4. The number of furan rings is 1. The zero-order chi connectivity index (χ0) is 19.4. The van der Waals surface area contributed by atoms with Gasteiger partial charge in [-0.3, -0.25) is 19.7 Å². The van der Waals surface area contributed by atoms with Gasteiger partial charge < -0.3 is 14.6 Å². The summed E-state index contributed by atoms with van der Waals surface area (Å²) < 4.78 is 4.87. The smallest absolute Gasteiger partial charge is 0.395 e. The molecule has 0 radical (unpaired) electrons. The predicted octanol–water partition coefficient (Wildman–Crippen LogP) is 3.84. The van der Waals surface area contributed by atoms with E-state index >= 15 is 0 Å². The fraction of sp³-hybridized carbons (Fsp3) is 0.368. The predicted molar refractivity (Wildman–Crippen MR) is 98.7 cm³/mol. The zero-order valence-corrected chi connectivity index (χ0v) is 15.0. The van der Waals surface area contributed by atoms with E-state index in [-0.39, 0.29) is 17.7 Å². The molecule has 0 unspecified atom stereocenters. The van der Waals surface area contributed by atoms with Crippen LogP contribution >= 0.6 is 0 Å². The molecule has 0 aliphatic heterocycles. The molecule has 142 valence electrons. The highest BCUT2D eigenvalue weighted by atomic mass is 16.6. The first-order chi connectivity index (χ1) is 13.0. The molecule has 0 saturated heterocycles. The Balaban J connectivity index is 1.63. The molecule has 0 atom stereocenters. The summed E-state index contributed by atoms with van der Waals surface area (Å²) in [5.74, 6) is -1.28. The molecule has 0 spiro atoms. The van der Waals surface area contributed by atoms with Crippen molar-refractivity contribution in [1.82, 2.24) is 4.90 Å². The second kappa shape index (κ2) is 8.03. The molecule has 1 aromatic heterocycles. The van der Waals surface area contributed by atoms with E-state index in [0.29, 0.717) is 11.3 Å². The molecular weight excluding hydrogens is 350 g/mol. The van der Waals surface area contributed by atoms with Crippen molar-refractivity contribution in [1.29, 1.82) is 0 Å². The van der Waals surface area contributed by atoms with E-state index in [1.165, 1.54) is 12.5 Å². The lowest BCUT2D eigenvalue weighted by Crippen LogP contribution is -2.38. The molecule has 1 N–H and O–H groups in total. The Hall–Kier alpha value is -3.16. The molecule has 0 bridgehead atoms. The standard InChI is InChI=1S/C19H21N3O5/c1-21(15-5-3-2-4-6-15)19(24)13-7-9-14(10-8-13)20-18(23)16-11-12-17(27-16)22(25)26/h7-12,15H,2-6H2,1H3,(H,20,23). The summed E-state index contributed by atoms with van der Waals surface area (Å²) in [5, 5.41) is 13.2. The first kappa shape index (κ1) is 18.6. The van der Waals surface area contributed by atoms with E-state index in [1.54, 1.807) is 29.2 Å². The maximum Gasteiger partial charge on any atom is 0.433 e. The fourth-order valence-corrected chi connectivity index (χ4v) is 3.27. The minimum atomic E-state index is -0.708.